The van der Waals surface area contributed by atoms with Crippen LogP contribution in [0.3, 0.4) is 0 Å². The Labute approximate surface area is 71.2 Å². The molecule has 0 aliphatic heterocycles. The van der Waals surface area contributed by atoms with E-state index in [2.05, 4.69) is 23.8 Å². The summed E-state index contributed by atoms with van der Waals surface area (Å²) in [5, 5.41) is 0. The minimum atomic E-state index is -0.0550. The maximum absolute atomic E-state index is 11.0. The van der Waals surface area contributed by atoms with E-state index in [-0.39, 0.29) is 5.69 Å². The number of aromatic nitrogens is 2. The van der Waals surface area contributed by atoms with E-state index in [1.165, 1.54) is 12.8 Å². The van der Waals surface area contributed by atoms with Crippen LogP contribution >= 0.6 is 0 Å². The zero-order valence-corrected chi connectivity index (χ0v) is 7.48. The van der Waals surface area contributed by atoms with Crippen molar-refractivity contribution in [2.45, 2.75) is 38.5 Å². The van der Waals surface area contributed by atoms with Crippen molar-refractivity contribution in [2.75, 3.05) is 0 Å². The first-order valence-corrected chi connectivity index (χ1v) is 4.50. The van der Waals surface area contributed by atoms with Crippen LogP contribution < -0.4 is 5.69 Å². The summed E-state index contributed by atoms with van der Waals surface area (Å²) in [6, 6.07) is 0. The molecule has 0 spiro atoms. The average molecular weight is 166 g/mol. The molecule has 66 valence electrons. The molecular formula is C9H14N2O. The van der Waals surface area contributed by atoms with E-state index in [0.717, 1.165) is 11.4 Å². The Kier molecular flexibility index (Phi) is 1.60. The molecular weight excluding hydrogens is 152 g/mol. The largest absolute Gasteiger partial charge is 0.323 e. The molecule has 2 rings (SSSR count). The van der Waals surface area contributed by atoms with E-state index in [4.69, 9.17) is 0 Å². The monoisotopic (exact) mass is 166 g/mol. The quantitative estimate of drug-likeness (QED) is 0.690. The third kappa shape index (κ3) is 1.19. The third-order valence-electron chi connectivity index (χ3n) is 2.35. The first-order valence-electron chi connectivity index (χ1n) is 4.50. The lowest BCUT2D eigenvalue weighted by atomic mass is 10.1. The van der Waals surface area contributed by atoms with Gasteiger partial charge in [-0.25, -0.2) is 4.79 Å². The molecule has 0 saturated heterocycles. The molecule has 0 amide bonds. The Morgan fingerprint density at radius 2 is 2.00 bits per heavy atom. The molecule has 0 unspecified atom stereocenters. The fraction of sp³-hybridized carbons (Fsp3) is 0.667. The van der Waals surface area contributed by atoms with Gasteiger partial charge in [-0.3, -0.25) is 0 Å². The van der Waals surface area contributed by atoms with Gasteiger partial charge in [-0.1, -0.05) is 13.8 Å². The molecule has 0 aromatic carbocycles. The second kappa shape index (κ2) is 2.51. The van der Waals surface area contributed by atoms with E-state index in [0.29, 0.717) is 11.8 Å². The van der Waals surface area contributed by atoms with E-state index >= 15 is 0 Å². The SMILES string of the molecule is CC(C)c1[nH]c(=O)[nH]c1C1CC1. The average Bonchev–Trinajstić information content (AvgIpc) is 2.75. The molecule has 0 radical (unpaired) electrons. The summed E-state index contributed by atoms with van der Waals surface area (Å²) in [6.07, 6.45) is 2.46. The van der Waals surface area contributed by atoms with Crippen LogP contribution in [0.1, 0.15) is 49.9 Å². The second-order valence-electron chi connectivity index (χ2n) is 3.84. The van der Waals surface area contributed by atoms with Gasteiger partial charge in [0, 0.05) is 17.3 Å². The fourth-order valence-electron chi connectivity index (χ4n) is 1.56. The molecule has 3 nitrogen and oxygen atoms in total. The Bertz CT molecular complexity index is 308. The normalized spacial score (nSPS) is 17.2. The molecule has 1 fully saturated rings. The van der Waals surface area contributed by atoms with Crippen molar-refractivity contribution in [2.24, 2.45) is 0 Å². The van der Waals surface area contributed by atoms with Gasteiger partial charge in [-0.2, -0.15) is 0 Å². The number of H-pyrrole nitrogens is 2. The van der Waals surface area contributed by atoms with Gasteiger partial charge >= 0.3 is 5.69 Å². The highest BCUT2D eigenvalue weighted by Crippen LogP contribution is 2.41. The van der Waals surface area contributed by atoms with Crippen molar-refractivity contribution in [1.29, 1.82) is 0 Å². The molecule has 0 bridgehead atoms. The van der Waals surface area contributed by atoms with Crippen molar-refractivity contribution in [1.82, 2.24) is 9.97 Å². The highest BCUT2D eigenvalue weighted by molar-refractivity contribution is 5.23. The van der Waals surface area contributed by atoms with E-state index in [1.54, 1.807) is 0 Å². The van der Waals surface area contributed by atoms with Crippen LogP contribution in [0.25, 0.3) is 0 Å². The molecule has 0 atom stereocenters. The van der Waals surface area contributed by atoms with Crippen LogP contribution in [-0.4, -0.2) is 9.97 Å². The molecule has 12 heavy (non-hydrogen) atoms. The fourth-order valence-corrected chi connectivity index (χ4v) is 1.56. The predicted molar refractivity (Wildman–Crippen MR) is 47.5 cm³/mol. The number of hydrogen-bond acceptors (Lipinski definition) is 1. The van der Waals surface area contributed by atoms with E-state index in [9.17, 15) is 4.79 Å². The highest BCUT2D eigenvalue weighted by atomic mass is 16.1. The summed E-state index contributed by atoms with van der Waals surface area (Å²) in [5.74, 6) is 1.04. The summed E-state index contributed by atoms with van der Waals surface area (Å²) in [4.78, 5) is 16.8. The van der Waals surface area contributed by atoms with Crippen LogP contribution in [0, 0.1) is 0 Å². The van der Waals surface area contributed by atoms with Crippen molar-refractivity contribution in [3.8, 4) is 0 Å². The highest BCUT2D eigenvalue weighted by Gasteiger charge is 2.28. The summed E-state index contributed by atoms with van der Waals surface area (Å²) in [6.45, 7) is 4.20. The van der Waals surface area contributed by atoms with Gasteiger partial charge in [0.05, 0.1) is 0 Å². The van der Waals surface area contributed by atoms with Crippen molar-refractivity contribution in [3.05, 3.63) is 21.9 Å². The third-order valence-corrected chi connectivity index (χ3v) is 2.35. The summed E-state index contributed by atoms with van der Waals surface area (Å²) < 4.78 is 0. The first-order chi connectivity index (χ1) is 5.68. The number of rotatable bonds is 2. The molecule has 3 heteroatoms. The lowest BCUT2D eigenvalue weighted by Crippen LogP contribution is -2.01. The van der Waals surface area contributed by atoms with Crippen LogP contribution in [-0.2, 0) is 0 Å². The minimum Gasteiger partial charge on any atom is -0.309 e. The smallest absolute Gasteiger partial charge is 0.309 e. The van der Waals surface area contributed by atoms with Crippen LogP contribution in [0.4, 0.5) is 0 Å². The Morgan fingerprint density at radius 1 is 1.33 bits per heavy atom. The van der Waals surface area contributed by atoms with Gasteiger partial charge in [0.2, 0.25) is 0 Å². The summed E-state index contributed by atoms with van der Waals surface area (Å²) >= 11 is 0. The molecule has 1 aromatic rings. The maximum atomic E-state index is 11.0. The van der Waals surface area contributed by atoms with Gasteiger partial charge in [0.1, 0.15) is 0 Å². The van der Waals surface area contributed by atoms with Crippen molar-refractivity contribution >= 4 is 0 Å². The number of imidazole rings is 1. The van der Waals surface area contributed by atoms with Crippen LogP contribution in [0.15, 0.2) is 4.79 Å². The molecule has 1 aromatic heterocycles. The van der Waals surface area contributed by atoms with Gasteiger partial charge in [0.25, 0.3) is 0 Å². The standard InChI is InChI=1S/C9H14N2O/c1-5(2)7-8(6-3-4-6)11-9(12)10-7/h5-6H,3-4H2,1-2H3,(H2,10,11,12). The Hall–Kier alpha value is -0.990. The second-order valence-corrected chi connectivity index (χ2v) is 3.84. The van der Waals surface area contributed by atoms with E-state index < -0.39 is 0 Å². The summed E-state index contributed by atoms with van der Waals surface area (Å²) in [7, 11) is 0. The Morgan fingerprint density at radius 3 is 2.50 bits per heavy atom. The maximum Gasteiger partial charge on any atom is 0.323 e. The molecule has 1 aliphatic rings. The van der Waals surface area contributed by atoms with E-state index in [1.807, 2.05) is 0 Å². The number of hydrogen-bond donors (Lipinski definition) is 2. The van der Waals surface area contributed by atoms with Gasteiger partial charge in [-0.15, -0.1) is 0 Å². The molecule has 1 aliphatic carbocycles. The zero-order valence-electron chi connectivity index (χ0n) is 7.48. The predicted octanol–water partition coefficient (Wildman–Crippen LogP) is 1.70. The van der Waals surface area contributed by atoms with Gasteiger partial charge < -0.3 is 9.97 Å². The topological polar surface area (TPSA) is 48.6 Å². The molecule has 1 heterocycles. The Balaban J connectivity index is 2.43. The van der Waals surface area contributed by atoms with Gasteiger partial charge in [0.15, 0.2) is 0 Å². The number of aromatic amines is 2. The lowest BCUT2D eigenvalue weighted by molar-refractivity contribution is 0.806. The van der Waals surface area contributed by atoms with Crippen molar-refractivity contribution < 1.29 is 0 Å². The first kappa shape index (κ1) is 7.65. The zero-order chi connectivity index (χ0) is 8.72. The summed E-state index contributed by atoms with van der Waals surface area (Å²) in [5.41, 5.74) is 2.19. The van der Waals surface area contributed by atoms with Crippen LogP contribution in [0.5, 0.6) is 0 Å². The van der Waals surface area contributed by atoms with Crippen molar-refractivity contribution in [3.63, 3.8) is 0 Å². The van der Waals surface area contributed by atoms with Crippen LogP contribution in [0.2, 0.25) is 0 Å². The lowest BCUT2D eigenvalue weighted by Gasteiger charge is -2.03. The minimum absolute atomic E-state index is 0.0550. The molecule has 2 N–H and O–H groups in total. The number of nitrogens with one attached hydrogen (secondary N) is 2. The van der Waals surface area contributed by atoms with Gasteiger partial charge in [-0.05, 0) is 18.8 Å². The molecule has 1 saturated carbocycles.